The SMILES string of the molecule is C/C=C(/COP(=O)(O)CP(=O)(O)O)[C@@H](O)[C@@H](O)[C@@H](O)n1ncc2c(N[C@@H](C)c3ccccc3)cc(Cl)nc21. The molecular formula is C22H29ClN4O9P2. The third-order valence-corrected chi connectivity index (χ3v) is 9.26. The molecule has 2 aromatic heterocycles. The third-order valence-electron chi connectivity index (χ3n) is 5.63. The number of fused-ring (bicyclic) bond motifs is 1. The average Bonchev–Trinajstić information content (AvgIpc) is 3.26. The lowest BCUT2D eigenvalue weighted by Gasteiger charge is -2.26. The quantitative estimate of drug-likeness (QED) is 0.0923. The molecule has 0 saturated heterocycles. The van der Waals surface area contributed by atoms with Gasteiger partial charge in [0.1, 0.15) is 17.4 Å². The van der Waals surface area contributed by atoms with Gasteiger partial charge in [0.2, 0.25) is 0 Å². The van der Waals surface area contributed by atoms with Gasteiger partial charge in [-0.05, 0) is 31.1 Å². The molecule has 0 aliphatic heterocycles. The van der Waals surface area contributed by atoms with Crippen molar-refractivity contribution < 1.29 is 43.7 Å². The highest BCUT2D eigenvalue weighted by Crippen LogP contribution is 2.55. The van der Waals surface area contributed by atoms with Gasteiger partial charge in [-0.15, -0.1) is 0 Å². The van der Waals surface area contributed by atoms with Crippen LogP contribution in [0.5, 0.6) is 0 Å². The van der Waals surface area contributed by atoms with Crippen LogP contribution in [0.1, 0.15) is 31.7 Å². The molecule has 0 spiro atoms. The average molecular weight is 591 g/mol. The monoisotopic (exact) mass is 590 g/mol. The fraction of sp³-hybridized carbons (Fsp3) is 0.364. The lowest BCUT2D eigenvalue weighted by molar-refractivity contribution is -0.0845. The normalized spacial score (nSPS) is 17.6. The van der Waals surface area contributed by atoms with Crippen molar-refractivity contribution in [3.8, 4) is 0 Å². The Morgan fingerprint density at radius 3 is 2.45 bits per heavy atom. The Morgan fingerprint density at radius 2 is 1.84 bits per heavy atom. The van der Waals surface area contributed by atoms with Crippen LogP contribution in [0.15, 0.2) is 54.2 Å². The lowest BCUT2D eigenvalue weighted by atomic mass is 10.0. The molecule has 16 heteroatoms. The topological polar surface area (TPSA) is 207 Å². The maximum atomic E-state index is 11.9. The number of rotatable bonds is 12. The number of hydrogen-bond donors (Lipinski definition) is 7. The Labute approximate surface area is 223 Å². The van der Waals surface area contributed by atoms with E-state index in [1.54, 1.807) is 6.07 Å². The second-order valence-electron chi connectivity index (χ2n) is 8.53. The zero-order chi connectivity index (χ0) is 28.3. The highest BCUT2D eigenvalue weighted by molar-refractivity contribution is 7.70. The zero-order valence-electron chi connectivity index (χ0n) is 20.4. The maximum Gasteiger partial charge on any atom is 0.340 e. The van der Waals surface area contributed by atoms with Crippen molar-refractivity contribution in [2.45, 2.75) is 38.3 Å². The summed E-state index contributed by atoms with van der Waals surface area (Å²) in [6.07, 6.45) is -2.88. The molecule has 7 N–H and O–H groups in total. The molecule has 5 atom stereocenters. The molecule has 2 heterocycles. The minimum absolute atomic E-state index is 0.0792. The van der Waals surface area contributed by atoms with Crippen molar-refractivity contribution in [1.29, 1.82) is 0 Å². The fourth-order valence-electron chi connectivity index (χ4n) is 3.67. The first kappa shape index (κ1) is 30.4. The highest BCUT2D eigenvalue weighted by Gasteiger charge is 2.34. The number of aliphatic hydroxyl groups is 3. The van der Waals surface area contributed by atoms with Crippen molar-refractivity contribution in [2.24, 2.45) is 0 Å². The summed E-state index contributed by atoms with van der Waals surface area (Å²) in [7, 11) is -9.56. The number of aliphatic hydroxyl groups excluding tert-OH is 3. The van der Waals surface area contributed by atoms with E-state index >= 15 is 0 Å². The molecule has 38 heavy (non-hydrogen) atoms. The Bertz CT molecular complexity index is 1380. The summed E-state index contributed by atoms with van der Waals surface area (Å²) >= 11 is 6.21. The largest absolute Gasteiger partial charge is 0.386 e. The van der Waals surface area contributed by atoms with Crippen LogP contribution in [0.25, 0.3) is 11.0 Å². The molecule has 3 rings (SSSR count). The molecule has 13 nitrogen and oxygen atoms in total. The second kappa shape index (κ2) is 12.4. The van der Waals surface area contributed by atoms with Crippen molar-refractivity contribution in [2.75, 3.05) is 17.8 Å². The van der Waals surface area contributed by atoms with Crippen LogP contribution in [0.2, 0.25) is 5.15 Å². The van der Waals surface area contributed by atoms with E-state index in [1.165, 1.54) is 19.2 Å². The van der Waals surface area contributed by atoms with Gasteiger partial charge in [0.15, 0.2) is 17.8 Å². The standard InChI is InChI=1S/C22H29ClN4O9P2/c1-3-14(11-36-38(34,35)12-37(31,32)33)19(28)20(29)22(30)27-21-16(10-24-27)17(9-18(23)26-21)25-13(2)15-7-5-4-6-8-15/h3-10,13,19-20,22,28-30H,11-12H2,1-2H3,(H,25,26)(H,34,35)(H2,31,32,33)/b14-3-/t13-,19+,20+,22+/m0/s1. The molecule has 0 radical (unpaired) electrons. The molecule has 0 bridgehead atoms. The van der Waals surface area contributed by atoms with Crippen molar-refractivity contribution >= 4 is 43.5 Å². The number of halogens is 1. The van der Waals surface area contributed by atoms with Crippen LogP contribution in [-0.4, -0.2) is 69.5 Å². The summed E-state index contributed by atoms with van der Waals surface area (Å²) in [4.78, 5) is 31.7. The number of allylic oxidation sites excluding steroid dienone is 1. The minimum atomic E-state index is -4.85. The van der Waals surface area contributed by atoms with Crippen LogP contribution in [0.4, 0.5) is 5.69 Å². The van der Waals surface area contributed by atoms with Gasteiger partial charge in [0.25, 0.3) is 0 Å². The summed E-state index contributed by atoms with van der Waals surface area (Å²) in [5.41, 5.74) is 1.56. The van der Waals surface area contributed by atoms with Crippen LogP contribution >= 0.6 is 26.8 Å². The molecule has 1 aromatic carbocycles. The van der Waals surface area contributed by atoms with Gasteiger partial charge in [0, 0.05) is 6.04 Å². The molecule has 0 amide bonds. The van der Waals surface area contributed by atoms with Gasteiger partial charge in [-0.2, -0.15) is 5.10 Å². The highest BCUT2D eigenvalue weighted by atomic mass is 35.5. The number of hydrogen-bond acceptors (Lipinski definition) is 9. The van der Waals surface area contributed by atoms with Gasteiger partial charge < -0.3 is 39.8 Å². The van der Waals surface area contributed by atoms with Gasteiger partial charge in [-0.25, -0.2) is 9.67 Å². The van der Waals surface area contributed by atoms with Gasteiger partial charge >= 0.3 is 15.2 Å². The predicted octanol–water partition coefficient (Wildman–Crippen LogP) is 2.75. The number of pyridine rings is 1. The number of anilines is 1. The Kier molecular flexibility index (Phi) is 9.88. The van der Waals surface area contributed by atoms with Gasteiger partial charge in [0.05, 0.1) is 23.9 Å². The molecule has 0 aliphatic rings. The lowest BCUT2D eigenvalue weighted by Crippen LogP contribution is -2.37. The molecule has 0 aliphatic carbocycles. The van der Waals surface area contributed by atoms with E-state index < -0.39 is 46.1 Å². The summed E-state index contributed by atoms with van der Waals surface area (Å²) < 4.78 is 28.6. The molecule has 0 saturated carbocycles. The first-order valence-corrected chi connectivity index (χ1v) is 15.2. The van der Waals surface area contributed by atoms with Crippen LogP contribution in [0, 0.1) is 0 Å². The third kappa shape index (κ3) is 7.71. The number of benzene rings is 1. The Balaban J connectivity index is 1.80. The van der Waals surface area contributed by atoms with E-state index in [2.05, 4.69) is 15.4 Å². The molecule has 3 aromatic rings. The van der Waals surface area contributed by atoms with E-state index in [9.17, 15) is 29.3 Å². The van der Waals surface area contributed by atoms with Crippen molar-refractivity contribution in [1.82, 2.24) is 14.8 Å². The van der Waals surface area contributed by atoms with Crippen molar-refractivity contribution in [3.63, 3.8) is 0 Å². The van der Waals surface area contributed by atoms with E-state index in [4.69, 9.17) is 25.9 Å². The number of nitrogens with zero attached hydrogens (tertiary/aromatic N) is 3. The fourth-order valence-corrected chi connectivity index (χ4v) is 6.40. The predicted molar refractivity (Wildman–Crippen MR) is 141 cm³/mol. The summed E-state index contributed by atoms with van der Waals surface area (Å²) in [6, 6.07) is 11.1. The zero-order valence-corrected chi connectivity index (χ0v) is 22.9. The molecule has 208 valence electrons. The summed E-state index contributed by atoms with van der Waals surface area (Å²) in [6.45, 7) is 2.63. The number of nitrogens with one attached hydrogen (secondary N) is 1. The first-order valence-electron chi connectivity index (χ1n) is 11.3. The van der Waals surface area contributed by atoms with Gasteiger partial charge in [-0.1, -0.05) is 48.0 Å². The van der Waals surface area contributed by atoms with Crippen LogP contribution in [-0.2, 0) is 13.7 Å². The maximum absolute atomic E-state index is 11.9. The Hall–Kier alpha value is -2.15. The van der Waals surface area contributed by atoms with Crippen LogP contribution in [0.3, 0.4) is 0 Å². The van der Waals surface area contributed by atoms with Crippen LogP contribution < -0.4 is 5.32 Å². The number of aromatic nitrogens is 3. The summed E-state index contributed by atoms with van der Waals surface area (Å²) in [5, 5.41) is 40.1. The summed E-state index contributed by atoms with van der Waals surface area (Å²) in [5.74, 6) is -1.41. The van der Waals surface area contributed by atoms with E-state index in [0.717, 1.165) is 10.2 Å². The van der Waals surface area contributed by atoms with E-state index in [-0.39, 0.29) is 22.4 Å². The van der Waals surface area contributed by atoms with Gasteiger partial charge in [-0.3, -0.25) is 9.13 Å². The molecule has 1 unspecified atom stereocenters. The first-order chi connectivity index (χ1) is 17.7. The van der Waals surface area contributed by atoms with E-state index in [0.29, 0.717) is 11.1 Å². The smallest absolute Gasteiger partial charge is 0.340 e. The van der Waals surface area contributed by atoms with E-state index in [1.807, 2.05) is 37.3 Å². The molecular weight excluding hydrogens is 562 g/mol. The molecule has 0 fully saturated rings. The second-order valence-corrected chi connectivity index (χ2v) is 12.9. The van der Waals surface area contributed by atoms with Crippen molar-refractivity contribution in [3.05, 3.63) is 65.0 Å². The minimum Gasteiger partial charge on any atom is -0.386 e. The Morgan fingerprint density at radius 1 is 1.18 bits per heavy atom.